The molecule has 3 aromatic rings. The molecule has 156 valence electrons. The lowest BCUT2D eigenvalue weighted by Gasteiger charge is -2.33. The molecular weight excluding hydrogens is 400 g/mol. The van der Waals surface area contributed by atoms with Gasteiger partial charge in [0, 0.05) is 30.2 Å². The Bertz CT molecular complexity index is 1000. The Kier molecular flexibility index (Phi) is 6.23. The molecule has 2 heterocycles. The highest BCUT2D eigenvalue weighted by molar-refractivity contribution is 6.30. The zero-order chi connectivity index (χ0) is 20.9. The fourth-order valence-corrected chi connectivity index (χ4v) is 3.80. The fourth-order valence-electron chi connectivity index (χ4n) is 3.68. The highest BCUT2D eigenvalue weighted by Gasteiger charge is 2.23. The Morgan fingerprint density at radius 2 is 2.10 bits per heavy atom. The summed E-state index contributed by atoms with van der Waals surface area (Å²) in [5.41, 5.74) is 3.08. The number of anilines is 1. The van der Waals surface area contributed by atoms with Crippen LogP contribution in [0.25, 0.3) is 11.3 Å². The standard InChI is InChI=1S/C23H25ClN4O2/c1-16-4-2-6-20(12-16)30-15-23(29)25-19-5-3-11-28(14-19)22-13-21(26-27-22)17-7-9-18(24)10-8-17/h2,4,6-10,12-13,19H,3,5,11,14-15H2,1H3,(H,25,29)(H,26,27)/t19-/m1/s1. The first-order valence-corrected chi connectivity index (χ1v) is 10.5. The second kappa shape index (κ2) is 9.22. The monoisotopic (exact) mass is 424 g/mol. The van der Waals surface area contributed by atoms with E-state index in [1.807, 2.05) is 61.5 Å². The number of halogens is 1. The van der Waals surface area contributed by atoms with Gasteiger partial charge in [-0.15, -0.1) is 0 Å². The molecule has 1 saturated heterocycles. The maximum absolute atomic E-state index is 12.3. The molecule has 0 bridgehead atoms. The van der Waals surface area contributed by atoms with Crippen LogP contribution in [0.3, 0.4) is 0 Å². The molecule has 0 spiro atoms. The molecule has 30 heavy (non-hydrogen) atoms. The minimum atomic E-state index is -0.104. The van der Waals surface area contributed by atoms with E-state index >= 15 is 0 Å². The predicted octanol–water partition coefficient (Wildman–Crippen LogP) is 4.20. The first-order valence-electron chi connectivity index (χ1n) is 10.1. The molecule has 2 N–H and O–H groups in total. The van der Waals surface area contributed by atoms with Crippen LogP contribution in [0, 0.1) is 6.92 Å². The molecule has 2 aromatic carbocycles. The number of aryl methyl sites for hydroxylation is 1. The second-order valence-electron chi connectivity index (χ2n) is 7.60. The maximum Gasteiger partial charge on any atom is 0.258 e. The number of nitrogens with zero attached hydrogens (tertiary/aromatic N) is 2. The van der Waals surface area contributed by atoms with Crippen molar-refractivity contribution in [3.05, 3.63) is 65.2 Å². The van der Waals surface area contributed by atoms with Crippen LogP contribution in [-0.4, -0.2) is 41.8 Å². The van der Waals surface area contributed by atoms with Gasteiger partial charge in [-0.2, -0.15) is 5.10 Å². The van der Waals surface area contributed by atoms with Gasteiger partial charge in [-0.1, -0.05) is 35.9 Å². The molecule has 1 amide bonds. The molecule has 0 radical (unpaired) electrons. The van der Waals surface area contributed by atoms with E-state index in [0.29, 0.717) is 10.8 Å². The van der Waals surface area contributed by atoms with Crippen LogP contribution in [0.15, 0.2) is 54.6 Å². The highest BCUT2D eigenvalue weighted by atomic mass is 35.5. The molecule has 0 unspecified atom stereocenters. The van der Waals surface area contributed by atoms with Crippen molar-refractivity contribution >= 4 is 23.3 Å². The van der Waals surface area contributed by atoms with Crippen molar-refractivity contribution in [2.75, 3.05) is 24.6 Å². The number of rotatable bonds is 6. The van der Waals surface area contributed by atoms with E-state index in [0.717, 1.165) is 48.6 Å². The summed E-state index contributed by atoms with van der Waals surface area (Å²) < 4.78 is 5.61. The summed E-state index contributed by atoms with van der Waals surface area (Å²) in [4.78, 5) is 14.5. The van der Waals surface area contributed by atoms with Gasteiger partial charge in [0.2, 0.25) is 0 Å². The number of amides is 1. The van der Waals surface area contributed by atoms with E-state index in [-0.39, 0.29) is 18.6 Å². The first-order chi connectivity index (χ1) is 14.6. The summed E-state index contributed by atoms with van der Waals surface area (Å²) in [6, 6.07) is 17.5. The van der Waals surface area contributed by atoms with Gasteiger partial charge in [0.05, 0.1) is 5.69 Å². The van der Waals surface area contributed by atoms with Crippen molar-refractivity contribution in [3.8, 4) is 17.0 Å². The van der Waals surface area contributed by atoms with Crippen molar-refractivity contribution < 1.29 is 9.53 Å². The number of piperidine rings is 1. The van der Waals surface area contributed by atoms with Gasteiger partial charge < -0.3 is 15.0 Å². The topological polar surface area (TPSA) is 70.2 Å². The maximum atomic E-state index is 12.3. The molecular formula is C23H25ClN4O2. The number of hydrogen-bond acceptors (Lipinski definition) is 4. The summed E-state index contributed by atoms with van der Waals surface area (Å²) in [6.45, 7) is 3.65. The summed E-state index contributed by atoms with van der Waals surface area (Å²) in [7, 11) is 0. The van der Waals surface area contributed by atoms with Crippen LogP contribution in [0.1, 0.15) is 18.4 Å². The molecule has 1 aliphatic heterocycles. The number of carbonyl (C=O) groups excluding carboxylic acids is 1. The second-order valence-corrected chi connectivity index (χ2v) is 8.04. The lowest BCUT2D eigenvalue weighted by atomic mass is 10.1. The van der Waals surface area contributed by atoms with Crippen LogP contribution in [0.5, 0.6) is 5.75 Å². The largest absolute Gasteiger partial charge is 0.484 e. The number of benzene rings is 2. The van der Waals surface area contributed by atoms with E-state index in [9.17, 15) is 4.79 Å². The Morgan fingerprint density at radius 1 is 1.27 bits per heavy atom. The summed E-state index contributed by atoms with van der Waals surface area (Å²) in [5.74, 6) is 1.49. The van der Waals surface area contributed by atoms with Crippen LogP contribution in [0.2, 0.25) is 5.02 Å². The molecule has 0 aliphatic carbocycles. The quantitative estimate of drug-likeness (QED) is 0.622. The lowest BCUT2D eigenvalue weighted by Crippen LogP contribution is -2.49. The summed E-state index contributed by atoms with van der Waals surface area (Å²) in [5, 5.41) is 11.4. The summed E-state index contributed by atoms with van der Waals surface area (Å²) >= 11 is 5.97. The fraction of sp³-hybridized carbons (Fsp3) is 0.304. The average molecular weight is 425 g/mol. The van der Waals surface area contributed by atoms with E-state index in [1.54, 1.807) is 0 Å². The Hall–Kier alpha value is -2.99. The number of nitrogens with one attached hydrogen (secondary N) is 2. The third kappa shape index (κ3) is 5.13. The molecule has 1 aliphatic rings. The van der Waals surface area contributed by atoms with Crippen molar-refractivity contribution in [3.63, 3.8) is 0 Å². The van der Waals surface area contributed by atoms with Crippen LogP contribution in [-0.2, 0) is 4.79 Å². The number of hydrogen-bond donors (Lipinski definition) is 2. The van der Waals surface area contributed by atoms with E-state index < -0.39 is 0 Å². The predicted molar refractivity (Wildman–Crippen MR) is 119 cm³/mol. The summed E-state index contributed by atoms with van der Waals surface area (Å²) in [6.07, 6.45) is 1.94. The van der Waals surface area contributed by atoms with Gasteiger partial charge in [0.25, 0.3) is 5.91 Å². The van der Waals surface area contributed by atoms with Crippen LogP contribution in [0.4, 0.5) is 5.82 Å². The molecule has 1 fully saturated rings. The van der Waals surface area contributed by atoms with E-state index in [4.69, 9.17) is 16.3 Å². The smallest absolute Gasteiger partial charge is 0.258 e. The number of aromatic amines is 1. The molecule has 0 saturated carbocycles. The Morgan fingerprint density at radius 3 is 2.90 bits per heavy atom. The number of ether oxygens (including phenoxy) is 1. The van der Waals surface area contributed by atoms with Crippen LogP contribution >= 0.6 is 11.6 Å². The lowest BCUT2D eigenvalue weighted by molar-refractivity contribution is -0.123. The molecule has 1 atom stereocenters. The van der Waals surface area contributed by atoms with Crippen molar-refractivity contribution in [2.45, 2.75) is 25.8 Å². The normalized spacial score (nSPS) is 16.3. The van der Waals surface area contributed by atoms with Crippen LogP contribution < -0.4 is 15.0 Å². The third-order valence-electron chi connectivity index (χ3n) is 5.19. The molecule has 6 nitrogen and oxygen atoms in total. The van der Waals surface area contributed by atoms with Crippen molar-refractivity contribution in [2.24, 2.45) is 0 Å². The number of aromatic nitrogens is 2. The zero-order valence-electron chi connectivity index (χ0n) is 16.9. The Labute approximate surface area is 181 Å². The molecule has 7 heteroatoms. The number of H-pyrrole nitrogens is 1. The van der Waals surface area contributed by atoms with Gasteiger partial charge in [-0.3, -0.25) is 9.89 Å². The minimum absolute atomic E-state index is 0.0169. The van der Waals surface area contributed by atoms with Crippen molar-refractivity contribution in [1.29, 1.82) is 0 Å². The molecule has 4 rings (SSSR count). The highest BCUT2D eigenvalue weighted by Crippen LogP contribution is 2.25. The van der Waals surface area contributed by atoms with Crippen molar-refractivity contribution in [1.82, 2.24) is 15.5 Å². The average Bonchev–Trinajstić information content (AvgIpc) is 3.23. The SMILES string of the molecule is Cc1cccc(OCC(=O)N[C@@H]2CCCN(c3cc(-c4ccc(Cl)cc4)[nH]n3)C2)c1. The van der Waals surface area contributed by atoms with E-state index in [1.165, 1.54) is 0 Å². The van der Waals surface area contributed by atoms with Gasteiger partial charge in [-0.05, 0) is 55.2 Å². The van der Waals surface area contributed by atoms with Gasteiger partial charge in [0.1, 0.15) is 5.75 Å². The first kappa shape index (κ1) is 20.3. The number of carbonyl (C=O) groups is 1. The minimum Gasteiger partial charge on any atom is -0.484 e. The van der Waals surface area contributed by atoms with Gasteiger partial charge in [0.15, 0.2) is 12.4 Å². The zero-order valence-corrected chi connectivity index (χ0v) is 17.7. The Balaban J connectivity index is 1.32. The van der Waals surface area contributed by atoms with E-state index in [2.05, 4.69) is 20.4 Å². The van der Waals surface area contributed by atoms with Gasteiger partial charge in [-0.25, -0.2) is 0 Å². The third-order valence-corrected chi connectivity index (χ3v) is 5.44. The van der Waals surface area contributed by atoms with Gasteiger partial charge >= 0.3 is 0 Å². The molecule has 1 aromatic heterocycles.